The van der Waals surface area contributed by atoms with E-state index in [-0.39, 0.29) is 23.3 Å². The molecule has 2 saturated carbocycles. The first kappa shape index (κ1) is 23.8. The lowest BCUT2D eigenvalue weighted by Gasteiger charge is -2.47. The predicted octanol–water partition coefficient (Wildman–Crippen LogP) is 5.83. The summed E-state index contributed by atoms with van der Waals surface area (Å²) in [5.41, 5.74) is -0.592. The van der Waals surface area contributed by atoms with Crippen LogP contribution in [-0.2, 0) is 9.47 Å². The lowest BCUT2D eigenvalue weighted by atomic mass is 9.68. The molecule has 0 spiro atoms. The van der Waals surface area contributed by atoms with Gasteiger partial charge in [0.1, 0.15) is 0 Å². The molecule has 2 amide bonds. The molecule has 2 N–H and O–H groups in total. The minimum atomic E-state index is -0.308. The van der Waals surface area contributed by atoms with Crippen molar-refractivity contribution in [1.29, 1.82) is 0 Å². The highest BCUT2D eigenvalue weighted by molar-refractivity contribution is 5.69. The van der Waals surface area contributed by atoms with Crippen LogP contribution >= 0.6 is 0 Å². The van der Waals surface area contributed by atoms with Crippen LogP contribution in [0.4, 0.5) is 9.59 Å². The molecule has 0 bridgehead atoms. The van der Waals surface area contributed by atoms with Crippen molar-refractivity contribution >= 4 is 12.2 Å². The highest BCUT2D eigenvalue weighted by Crippen LogP contribution is 2.41. The maximum absolute atomic E-state index is 12.5. The van der Waals surface area contributed by atoms with E-state index in [1.807, 2.05) is 0 Å². The topological polar surface area (TPSA) is 76.7 Å². The second-order valence-corrected chi connectivity index (χ2v) is 9.09. The van der Waals surface area contributed by atoms with Gasteiger partial charge in [-0.3, -0.25) is 0 Å². The molecule has 168 valence electrons. The van der Waals surface area contributed by atoms with Crippen molar-refractivity contribution in [3.05, 3.63) is 0 Å². The van der Waals surface area contributed by atoms with Gasteiger partial charge >= 0.3 is 12.2 Å². The summed E-state index contributed by atoms with van der Waals surface area (Å²) in [5.74, 6) is 0. The number of hydrogen-bond donors (Lipinski definition) is 2. The van der Waals surface area contributed by atoms with Crippen molar-refractivity contribution in [2.45, 2.75) is 121 Å². The highest BCUT2D eigenvalue weighted by atomic mass is 16.6. The van der Waals surface area contributed by atoms with Crippen LogP contribution in [0.2, 0.25) is 0 Å². The molecule has 2 rings (SSSR count). The van der Waals surface area contributed by atoms with Crippen molar-refractivity contribution in [3.63, 3.8) is 0 Å². The van der Waals surface area contributed by atoms with E-state index in [9.17, 15) is 9.59 Å². The maximum Gasteiger partial charge on any atom is 0.407 e. The van der Waals surface area contributed by atoms with Gasteiger partial charge < -0.3 is 20.1 Å². The third kappa shape index (κ3) is 8.06. The summed E-state index contributed by atoms with van der Waals surface area (Å²) in [6.45, 7) is 5.10. The van der Waals surface area contributed by atoms with Gasteiger partial charge in [-0.05, 0) is 44.9 Å². The van der Waals surface area contributed by atoms with Crippen LogP contribution in [0.5, 0.6) is 0 Å². The number of ether oxygens (including phenoxy) is 2. The fourth-order valence-corrected chi connectivity index (χ4v) is 4.92. The highest BCUT2D eigenvalue weighted by Gasteiger charge is 2.44. The molecule has 0 aromatic carbocycles. The largest absolute Gasteiger partial charge is 0.450 e. The van der Waals surface area contributed by atoms with Gasteiger partial charge in [-0.1, -0.05) is 65.2 Å². The summed E-state index contributed by atoms with van der Waals surface area (Å²) in [4.78, 5) is 25.0. The Morgan fingerprint density at radius 2 is 1.07 bits per heavy atom. The van der Waals surface area contributed by atoms with E-state index in [2.05, 4.69) is 24.5 Å². The summed E-state index contributed by atoms with van der Waals surface area (Å²) in [6, 6.07) is 0. The van der Waals surface area contributed by atoms with Crippen LogP contribution in [0.1, 0.15) is 110 Å². The van der Waals surface area contributed by atoms with Gasteiger partial charge in [-0.2, -0.15) is 0 Å². The molecule has 0 aliphatic heterocycles. The molecule has 0 radical (unpaired) electrons. The number of carbonyl (C=O) groups is 2. The zero-order chi connectivity index (χ0) is 21.0. The quantitative estimate of drug-likeness (QED) is 0.444. The molecular formula is C23H42N2O4. The predicted molar refractivity (Wildman–Crippen MR) is 115 cm³/mol. The standard InChI is InChI=1S/C23H42N2O4/c1-3-5-17-28-20(26)24-22(13-9-7-10-14-22)19-23(15-11-8-12-16-23)25-21(27)29-18-6-4-2/h3-19H2,1-2H3,(H,24,26)(H,25,27). The molecular weight excluding hydrogens is 368 g/mol. The van der Waals surface area contributed by atoms with Gasteiger partial charge in [0.2, 0.25) is 0 Å². The van der Waals surface area contributed by atoms with Gasteiger partial charge in [0.25, 0.3) is 0 Å². The van der Waals surface area contributed by atoms with E-state index in [1.165, 1.54) is 12.8 Å². The summed E-state index contributed by atoms with van der Waals surface area (Å²) in [7, 11) is 0. The molecule has 0 saturated heterocycles. The summed E-state index contributed by atoms with van der Waals surface area (Å²) in [6.07, 6.45) is 14.5. The Morgan fingerprint density at radius 3 is 1.41 bits per heavy atom. The normalized spacial score (nSPS) is 20.5. The Bertz CT molecular complexity index is 453. The first-order valence-corrected chi connectivity index (χ1v) is 11.9. The number of nitrogens with one attached hydrogen (secondary N) is 2. The number of alkyl carbamates (subject to hydrolysis) is 2. The molecule has 2 fully saturated rings. The lowest BCUT2D eigenvalue weighted by Crippen LogP contribution is -2.60. The maximum atomic E-state index is 12.5. The van der Waals surface area contributed by atoms with Gasteiger partial charge in [0, 0.05) is 11.1 Å². The third-order valence-corrected chi connectivity index (χ3v) is 6.49. The number of unbranched alkanes of at least 4 members (excludes halogenated alkanes) is 2. The van der Waals surface area contributed by atoms with E-state index in [0.717, 1.165) is 83.5 Å². The Labute approximate surface area is 176 Å². The van der Waals surface area contributed by atoms with Crippen molar-refractivity contribution in [2.75, 3.05) is 13.2 Å². The molecule has 6 heteroatoms. The van der Waals surface area contributed by atoms with E-state index < -0.39 is 0 Å². The fourth-order valence-electron chi connectivity index (χ4n) is 4.92. The van der Waals surface area contributed by atoms with Crippen LogP contribution in [0.15, 0.2) is 0 Å². The molecule has 2 aliphatic carbocycles. The zero-order valence-corrected chi connectivity index (χ0v) is 18.7. The minimum Gasteiger partial charge on any atom is -0.450 e. The zero-order valence-electron chi connectivity index (χ0n) is 18.7. The number of amides is 2. The average Bonchev–Trinajstić information content (AvgIpc) is 2.69. The van der Waals surface area contributed by atoms with E-state index in [4.69, 9.17) is 9.47 Å². The smallest absolute Gasteiger partial charge is 0.407 e. The van der Waals surface area contributed by atoms with Crippen molar-refractivity contribution in [1.82, 2.24) is 10.6 Å². The molecule has 0 aromatic heterocycles. The molecule has 29 heavy (non-hydrogen) atoms. The van der Waals surface area contributed by atoms with Gasteiger partial charge in [-0.15, -0.1) is 0 Å². The van der Waals surface area contributed by atoms with E-state index in [0.29, 0.717) is 13.2 Å². The van der Waals surface area contributed by atoms with Crippen molar-refractivity contribution in [2.24, 2.45) is 0 Å². The van der Waals surface area contributed by atoms with Crippen LogP contribution in [0, 0.1) is 0 Å². The van der Waals surface area contributed by atoms with Crippen LogP contribution < -0.4 is 10.6 Å². The first-order valence-electron chi connectivity index (χ1n) is 11.9. The Balaban J connectivity index is 2.06. The Morgan fingerprint density at radius 1 is 0.690 bits per heavy atom. The van der Waals surface area contributed by atoms with Crippen molar-refractivity contribution < 1.29 is 19.1 Å². The van der Waals surface area contributed by atoms with Crippen molar-refractivity contribution in [3.8, 4) is 0 Å². The molecule has 2 aliphatic rings. The first-order chi connectivity index (χ1) is 14.0. The molecule has 0 heterocycles. The van der Waals surface area contributed by atoms with E-state index in [1.54, 1.807) is 0 Å². The Hall–Kier alpha value is -1.46. The second kappa shape index (κ2) is 12.3. The fraction of sp³-hybridized carbons (Fsp3) is 0.913. The summed E-state index contributed by atoms with van der Waals surface area (Å²) in [5, 5.41) is 6.47. The SMILES string of the molecule is CCCCOC(=O)NC1(CC2(NC(=O)OCCCC)CCCCC2)CCCCC1. The molecule has 6 nitrogen and oxygen atoms in total. The summed E-state index contributed by atoms with van der Waals surface area (Å²) >= 11 is 0. The molecule has 0 aromatic rings. The number of carbonyl (C=O) groups excluding carboxylic acids is 2. The number of rotatable bonds is 10. The monoisotopic (exact) mass is 410 g/mol. The Kier molecular flexibility index (Phi) is 10.1. The van der Waals surface area contributed by atoms with Crippen LogP contribution in [0.25, 0.3) is 0 Å². The molecule has 0 unspecified atom stereocenters. The van der Waals surface area contributed by atoms with Crippen LogP contribution in [-0.4, -0.2) is 36.5 Å². The van der Waals surface area contributed by atoms with Gasteiger partial charge in [-0.25, -0.2) is 9.59 Å². The van der Waals surface area contributed by atoms with Crippen LogP contribution in [0.3, 0.4) is 0 Å². The average molecular weight is 411 g/mol. The minimum absolute atomic E-state index is 0.296. The molecule has 0 atom stereocenters. The summed E-state index contributed by atoms with van der Waals surface area (Å²) < 4.78 is 10.8. The lowest BCUT2D eigenvalue weighted by molar-refractivity contribution is 0.0830. The van der Waals surface area contributed by atoms with E-state index >= 15 is 0 Å². The number of hydrogen-bond acceptors (Lipinski definition) is 4. The second-order valence-electron chi connectivity index (χ2n) is 9.09. The van der Waals surface area contributed by atoms with Gasteiger partial charge in [0.05, 0.1) is 13.2 Å². The van der Waals surface area contributed by atoms with Gasteiger partial charge in [0.15, 0.2) is 0 Å². The third-order valence-electron chi connectivity index (χ3n) is 6.49.